The molecular weight excluding hydrogens is 300 g/mol. The van der Waals surface area contributed by atoms with E-state index in [2.05, 4.69) is 0 Å². The number of rotatable bonds is 3. The highest BCUT2D eigenvalue weighted by Gasteiger charge is 2.42. The summed E-state index contributed by atoms with van der Waals surface area (Å²) < 4.78 is 0. The molecule has 2 amide bonds. The lowest BCUT2D eigenvalue weighted by atomic mass is 9.88. The fourth-order valence-electron chi connectivity index (χ4n) is 3.46. The number of carbonyl (C=O) groups excluding carboxylic acids is 2. The Morgan fingerprint density at radius 3 is 2.73 bits per heavy atom. The van der Waals surface area contributed by atoms with Crippen molar-refractivity contribution in [2.24, 2.45) is 11.8 Å². The van der Waals surface area contributed by atoms with E-state index in [0.29, 0.717) is 23.9 Å². The van der Waals surface area contributed by atoms with Gasteiger partial charge >= 0.3 is 0 Å². The van der Waals surface area contributed by atoms with Gasteiger partial charge in [-0.2, -0.15) is 0 Å². The standard InChI is InChI=1S/C17H21ClN2O2/c1-19-9-8-13-10-20(11-15(13)17(19)22)16(21)7-4-12-2-5-14(18)6-3-12/h2-3,5-6,13,15H,4,7-11H2,1H3/t13-,15+/m1/s1. The minimum absolute atomic E-state index is 0.0123. The topological polar surface area (TPSA) is 40.6 Å². The maximum Gasteiger partial charge on any atom is 0.227 e. The number of benzene rings is 1. The minimum atomic E-state index is 0.0123. The van der Waals surface area contributed by atoms with Crippen LogP contribution in [0.15, 0.2) is 24.3 Å². The molecule has 1 aromatic carbocycles. The summed E-state index contributed by atoms with van der Waals surface area (Å²) in [5.74, 6) is 0.713. The van der Waals surface area contributed by atoms with Gasteiger partial charge in [-0.05, 0) is 36.5 Å². The molecule has 2 heterocycles. The molecule has 2 fully saturated rings. The molecule has 0 aliphatic carbocycles. The average Bonchev–Trinajstić information content (AvgIpc) is 2.95. The molecule has 5 heteroatoms. The Morgan fingerprint density at radius 2 is 2.00 bits per heavy atom. The van der Waals surface area contributed by atoms with Crippen LogP contribution in [0.2, 0.25) is 5.02 Å². The zero-order chi connectivity index (χ0) is 15.7. The van der Waals surface area contributed by atoms with Crippen LogP contribution in [-0.2, 0) is 16.0 Å². The lowest BCUT2D eigenvalue weighted by Crippen LogP contribution is -2.42. The van der Waals surface area contributed by atoms with Crippen molar-refractivity contribution in [1.29, 1.82) is 0 Å². The van der Waals surface area contributed by atoms with Crippen molar-refractivity contribution in [1.82, 2.24) is 9.80 Å². The van der Waals surface area contributed by atoms with Crippen molar-refractivity contribution >= 4 is 23.4 Å². The SMILES string of the molecule is CN1CC[C@@H]2CN(C(=O)CCc3ccc(Cl)cc3)C[C@@H]2C1=O. The molecule has 2 saturated heterocycles. The third kappa shape index (κ3) is 3.12. The molecule has 0 spiro atoms. The molecule has 0 aromatic heterocycles. The molecule has 0 N–H and O–H groups in total. The Balaban J connectivity index is 1.55. The number of carbonyl (C=O) groups is 2. The summed E-state index contributed by atoms with van der Waals surface area (Å²) >= 11 is 5.86. The average molecular weight is 321 g/mol. The predicted octanol–water partition coefficient (Wildman–Crippen LogP) is 2.21. The van der Waals surface area contributed by atoms with Gasteiger partial charge in [0.1, 0.15) is 0 Å². The molecule has 0 radical (unpaired) electrons. The number of aryl methyl sites for hydroxylation is 1. The largest absolute Gasteiger partial charge is 0.345 e. The first-order valence-electron chi connectivity index (χ1n) is 7.82. The fourth-order valence-corrected chi connectivity index (χ4v) is 3.59. The summed E-state index contributed by atoms with van der Waals surface area (Å²) in [6.45, 7) is 2.14. The molecule has 1 aromatic rings. The minimum Gasteiger partial charge on any atom is -0.345 e. The van der Waals surface area contributed by atoms with E-state index in [0.717, 1.165) is 31.5 Å². The third-order valence-corrected chi connectivity index (χ3v) is 5.12. The van der Waals surface area contributed by atoms with Crippen LogP contribution in [0.1, 0.15) is 18.4 Å². The van der Waals surface area contributed by atoms with E-state index in [4.69, 9.17) is 11.6 Å². The number of amides is 2. The first kappa shape index (κ1) is 15.3. The smallest absolute Gasteiger partial charge is 0.227 e. The highest BCUT2D eigenvalue weighted by Crippen LogP contribution is 2.31. The first-order chi connectivity index (χ1) is 10.5. The van der Waals surface area contributed by atoms with E-state index >= 15 is 0 Å². The molecule has 0 unspecified atom stereocenters. The van der Waals surface area contributed by atoms with Crippen LogP contribution in [0.3, 0.4) is 0 Å². The van der Waals surface area contributed by atoms with Crippen LogP contribution in [0, 0.1) is 11.8 Å². The van der Waals surface area contributed by atoms with Crippen LogP contribution < -0.4 is 0 Å². The van der Waals surface area contributed by atoms with E-state index in [9.17, 15) is 9.59 Å². The van der Waals surface area contributed by atoms with Gasteiger partial charge in [0.25, 0.3) is 0 Å². The lowest BCUT2D eigenvalue weighted by Gasteiger charge is -2.30. The second-order valence-corrected chi connectivity index (χ2v) is 6.78. The fraction of sp³-hybridized carbons (Fsp3) is 0.529. The Labute approximate surface area is 136 Å². The number of piperidine rings is 1. The van der Waals surface area contributed by atoms with Gasteiger partial charge in [0.2, 0.25) is 11.8 Å². The number of hydrogen-bond acceptors (Lipinski definition) is 2. The van der Waals surface area contributed by atoms with Gasteiger partial charge in [-0.25, -0.2) is 0 Å². The first-order valence-corrected chi connectivity index (χ1v) is 8.19. The quantitative estimate of drug-likeness (QED) is 0.856. The van der Waals surface area contributed by atoms with Crippen LogP contribution in [0.4, 0.5) is 0 Å². The number of nitrogens with zero attached hydrogens (tertiary/aromatic N) is 2. The summed E-state index contributed by atoms with van der Waals surface area (Å²) in [6.07, 6.45) is 2.22. The second kappa shape index (κ2) is 6.29. The van der Waals surface area contributed by atoms with Crippen molar-refractivity contribution < 1.29 is 9.59 Å². The van der Waals surface area contributed by atoms with Crippen molar-refractivity contribution in [2.75, 3.05) is 26.7 Å². The van der Waals surface area contributed by atoms with Crippen molar-refractivity contribution in [3.63, 3.8) is 0 Å². The van der Waals surface area contributed by atoms with Crippen molar-refractivity contribution in [3.05, 3.63) is 34.9 Å². The van der Waals surface area contributed by atoms with Crippen LogP contribution in [-0.4, -0.2) is 48.3 Å². The molecule has 2 aliphatic heterocycles. The number of likely N-dealkylation sites (tertiary alicyclic amines) is 2. The normalized spacial score (nSPS) is 24.5. The maximum atomic E-state index is 12.4. The number of fused-ring (bicyclic) bond motifs is 1. The summed E-state index contributed by atoms with van der Waals surface area (Å²) in [7, 11) is 1.85. The predicted molar refractivity (Wildman–Crippen MR) is 85.6 cm³/mol. The summed E-state index contributed by atoms with van der Waals surface area (Å²) in [6, 6.07) is 7.61. The zero-order valence-corrected chi connectivity index (χ0v) is 13.6. The molecule has 0 saturated carbocycles. The molecule has 3 rings (SSSR count). The Bertz CT molecular complexity index is 573. The summed E-state index contributed by atoms with van der Waals surface area (Å²) in [5.41, 5.74) is 1.12. The van der Waals surface area contributed by atoms with Crippen LogP contribution in [0.5, 0.6) is 0 Å². The number of halogens is 1. The third-order valence-electron chi connectivity index (χ3n) is 4.86. The Kier molecular flexibility index (Phi) is 4.39. The van der Waals surface area contributed by atoms with Crippen LogP contribution >= 0.6 is 11.6 Å². The second-order valence-electron chi connectivity index (χ2n) is 6.34. The highest BCUT2D eigenvalue weighted by atomic mass is 35.5. The van der Waals surface area contributed by atoms with Crippen molar-refractivity contribution in [2.45, 2.75) is 19.3 Å². The zero-order valence-electron chi connectivity index (χ0n) is 12.8. The highest BCUT2D eigenvalue weighted by molar-refractivity contribution is 6.30. The lowest BCUT2D eigenvalue weighted by molar-refractivity contribution is -0.138. The molecule has 22 heavy (non-hydrogen) atoms. The van der Waals surface area contributed by atoms with Gasteiger partial charge in [-0.15, -0.1) is 0 Å². The maximum absolute atomic E-state index is 12.4. The van der Waals surface area contributed by atoms with Gasteiger partial charge in [-0.1, -0.05) is 23.7 Å². The Hall–Kier alpha value is -1.55. The summed E-state index contributed by atoms with van der Waals surface area (Å²) in [4.78, 5) is 28.2. The van der Waals surface area contributed by atoms with Gasteiger partial charge in [0.05, 0.1) is 5.92 Å². The molecule has 0 bridgehead atoms. The summed E-state index contributed by atoms with van der Waals surface area (Å²) in [5, 5.41) is 0.710. The van der Waals surface area contributed by atoms with E-state index < -0.39 is 0 Å². The van der Waals surface area contributed by atoms with Gasteiger partial charge in [0, 0.05) is 38.1 Å². The molecule has 2 atom stereocenters. The Morgan fingerprint density at radius 1 is 1.27 bits per heavy atom. The van der Waals surface area contributed by atoms with E-state index in [-0.39, 0.29) is 17.7 Å². The molecule has 118 valence electrons. The van der Waals surface area contributed by atoms with E-state index in [1.807, 2.05) is 36.2 Å². The monoisotopic (exact) mass is 320 g/mol. The van der Waals surface area contributed by atoms with Gasteiger partial charge in [0.15, 0.2) is 0 Å². The number of hydrogen-bond donors (Lipinski definition) is 0. The van der Waals surface area contributed by atoms with E-state index in [1.54, 1.807) is 4.90 Å². The molecule has 4 nitrogen and oxygen atoms in total. The van der Waals surface area contributed by atoms with Gasteiger partial charge in [-0.3, -0.25) is 9.59 Å². The van der Waals surface area contributed by atoms with Gasteiger partial charge < -0.3 is 9.80 Å². The molecule has 2 aliphatic rings. The van der Waals surface area contributed by atoms with E-state index in [1.165, 1.54) is 0 Å². The van der Waals surface area contributed by atoms with Crippen LogP contribution in [0.25, 0.3) is 0 Å². The molecular formula is C17H21ClN2O2. The van der Waals surface area contributed by atoms with Crippen molar-refractivity contribution in [3.8, 4) is 0 Å².